The van der Waals surface area contributed by atoms with Crippen molar-refractivity contribution in [1.82, 2.24) is 14.7 Å². The third kappa shape index (κ3) is 5.46. The Hall–Kier alpha value is -2.71. The fourth-order valence-corrected chi connectivity index (χ4v) is 7.09. The summed E-state index contributed by atoms with van der Waals surface area (Å²) < 4.78 is 23.5. The van der Waals surface area contributed by atoms with Crippen LogP contribution in [0.2, 0.25) is 0 Å². The van der Waals surface area contributed by atoms with Gasteiger partial charge in [0.15, 0.2) is 9.84 Å². The molecule has 3 fully saturated rings. The molecule has 1 spiro atoms. The van der Waals surface area contributed by atoms with Crippen molar-refractivity contribution in [3.05, 3.63) is 65.7 Å². The predicted octanol–water partition coefficient (Wildman–Crippen LogP) is 3.17. The third-order valence-corrected chi connectivity index (χ3v) is 9.87. The number of likely N-dealkylation sites (tertiary alicyclic amines) is 3. The van der Waals surface area contributed by atoms with E-state index in [1.807, 2.05) is 28.0 Å². The molecule has 3 aliphatic rings. The molecule has 2 amide bonds. The molecule has 0 aromatic heterocycles. The summed E-state index contributed by atoms with van der Waals surface area (Å²) in [5.74, 6) is 1.12. The topological polar surface area (TPSA) is 78.0 Å². The van der Waals surface area contributed by atoms with Gasteiger partial charge in [0.2, 0.25) is 11.8 Å². The van der Waals surface area contributed by atoms with Crippen molar-refractivity contribution in [3.8, 4) is 0 Å². The van der Waals surface area contributed by atoms with E-state index in [0.717, 1.165) is 64.1 Å². The van der Waals surface area contributed by atoms with Crippen molar-refractivity contribution in [2.75, 3.05) is 45.5 Å². The lowest BCUT2D eigenvalue weighted by atomic mass is 9.76. The van der Waals surface area contributed by atoms with Gasteiger partial charge in [0, 0.05) is 51.8 Å². The Morgan fingerprint density at radius 1 is 0.946 bits per heavy atom. The lowest BCUT2D eigenvalue weighted by Crippen LogP contribution is -2.46. The molecular weight excluding hydrogens is 486 g/mol. The van der Waals surface area contributed by atoms with Crippen LogP contribution in [0.1, 0.15) is 43.2 Å². The first-order valence-electron chi connectivity index (χ1n) is 13.3. The highest BCUT2D eigenvalue weighted by Gasteiger charge is 2.48. The highest BCUT2D eigenvalue weighted by molar-refractivity contribution is 7.90. The molecule has 3 heterocycles. The van der Waals surface area contributed by atoms with Crippen LogP contribution in [0, 0.1) is 11.3 Å². The standard InChI is InChI=1S/C29H37N3O4S/c1-22(33)32-20-25(27(21-32)24-6-4-3-5-7-24)19-30-15-12-29(13-16-30)14-17-31(28(29)34)18-23-8-10-26(11-9-23)37(2,35)36/h3-11,25,27H,12-21H2,1-2H3. The van der Waals surface area contributed by atoms with Gasteiger partial charge in [0.25, 0.3) is 0 Å². The van der Waals surface area contributed by atoms with Gasteiger partial charge < -0.3 is 14.7 Å². The van der Waals surface area contributed by atoms with Crippen LogP contribution in [-0.4, -0.2) is 80.5 Å². The zero-order valence-corrected chi connectivity index (χ0v) is 22.6. The average Bonchev–Trinajstić information content (AvgIpc) is 3.43. The predicted molar refractivity (Wildman–Crippen MR) is 143 cm³/mol. The van der Waals surface area contributed by atoms with Gasteiger partial charge in [-0.2, -0.15) is 0 Å². The number of rotatable bonds is 6. The van der Waals surface area contributed by atoms with Crippen LogP contribution in [0.4, 0.5) is 0 Å². The van der Waals surface area contributed by atoms with Crippen molar-refractivity contribution in [3.63, 3.8) is 0 Å². The van der Waals surface area contributed by atoms with Crippen LogP contribution >= 0.6 is 0 Å². The van der Waals surface area contributed by atoms with Crippen LogP contribution in [0.3, 0.4) is 0 Å². The summed E-state index contributed by atoms with van der Waals surface area (Å²) in [6.45, 7) is 7.26. The zero-order valence-electron chi connectivity index (χ0n) is 21.8. The van der Waals surface area contributed by atoms with Crippen molar-refractivity contribution >= 4 is 21.7 Å². The van der Waals surface area contributed by atoms with Crippen LogP contribution in [0.15, 0.2) is 59.5 Å². The molecule has 0 N–H and O–H groups in total. The van der Waals surface area contributed by atoms with E-state index in [1.165, 1.54) is 11.8 Å². The molecule has 5 rings (SSSR count). The minimum Gasteiger partial charge on any atom is -0.342 e. The summed E-state index contributed by atoms with van der Waals surface area (Å²) in [4.78, 5) is 32.3. The summed E-state index contributed by atoms with van der Waals surface area (Å²) in [5, 5.41) is 0. The molecule has 3 aliphatic heterocycles. The summed E-state index contributed by atoms with van der Waals surface area (Å²) in [6, 6.07) is 17.4. The second-order valence-electron chi connectivity index (χ2n) is 11.2. The van der Waals surface area contributed by atoms with Gasteiger partial charge in [-0.15, -0.1) is 0 Å². The number of amides is 2. The van der Waals surface area contributed by atoms with Crippen LogP contribution in [-0.2, 0) is 26.0 Å². The van der Waals surface area contributed by atoms with Gasteiger partial charge in [-0.05, 0) is 61.5 Å². The van der Waals surface area contributed by atoms with Gasteiger partial charge in [-0.1, -0.05) is 42.5 Å². The highest BCUT2D eigenvalue weighted by Crippen LogP contribution is 2.43. The summed E-state index contributed by atoms with van der Waals surface area (Å²) in [7, 11) is -3.23. The Morgan fingerprint density at radius 2 is 1.59 bits per heavy atom. The molecule has 2 atom stereocenters. The maximum Gasteiger partial charge on any atom is 0.229 e. The average molecular weight is 524 g/mol. The van der Waals surface area contributed by atoms with Crippen molar-refractivity contribution in [2.45, 2.75) is 43.5 Å². The zero-order chi connectivity index (χ0) is 26.2. The first kappa shape index (κ1) is 25.9. The van der Waals surface area contributed by atoms with Gasteiger partial charge >= 0.3 is 0 Å². The van der Waals surface area contributed by atoms with Crippen LogP contribution in [0.5, 0.6) is 0 Å². The molecule has 8 heteroatoms. The Labute approximate surface area is 220 Å². The van der Waals surface area contributed by atoms with E-state index >= 15 is 0 Å². The van der Waals surface area contributed by atoms with E-state index < -0.39 is 9.84 Å². The van der Waals surface area contributed by atoms with E-state index in [1.54, 1.807) is 19.1 Å². The van der Waals surface area contributed by atoms with Crippen molar-refractivity contribution in [2.24, 2.45) is 11.3 Å². The number of hydrogen-bond donors (Lipinski definition) is 0. The molecule has 0 saturated carbocycles. The molecule has 37 heavy (non-hydrogen) atoms. The van der Waals surface area contributed by atoms with Gasteiger partial charge in [0.05, 0.1) is 10.3 Å². The Balaban J connectivity index is 1.19. The fraction of sp³-hybridized carbons (Fsp3) is 0.517. The van der Waals surface area contributed by atoms with E-state index in [-0.39, 0.29) is 17.2 Å². The van der Waals surface area contributed by atoms with Crippen molar-refractivity contribution in [1.29, 1.82) is 0 Å². The number of piperidine rings is 1. The minimum atomic E-state index is -3.23. The van der Waals surface area contributed by atoms with Gasteiger partial charge in [-0.3, -0.25) is 9.59 Å². The molecule has 198 valence electrons. The van der Waals surface area contributed by atoms with E-state index in [2.05, 4.69) is 29.2 Å². The lowest BCUT2D eigenvalue weighted by molar-refractivity contribution is -0.139. The molecule has 0 bridgehead atoms. The van der Waals surface area contributed by atoms with E-state index in [0.29, 0.717) is 23.3 Å². The SMILES string of the molecule is CC(=O)N1CC(CN2CCC3(CC2)CCN(Cc2ccc(S(C)(=O)=O)cc2)C3=O)C(c2ccccc2)C1. The molecule has 3 saturated heterocycles. The Morgan fingerprint density at radius 3 is 2.22 bits per heavy atom. The Bertz CT molecular complexity index is 1240. The van der Waals surface area contributed by atoms with E-state index in [9.17, 15) is 18.0 Å². The second-order valence-corrected chi connectivity index (χ2v) is 13.2. The molecule has 2 aromatic rings. The smallest absolute Gasteiger partial charge is 0.229 e. The van der Waals surface area contributed by atoms with Crippen LogP contribution in [0.25, 0.3) is 0 Å². The molecule has 7 nitrogen and oxygen atoms in total. The number of carbonyl (C=O) groups is 2. The maximum absolute atomic E-state index is 13.5. The highest BCUT2D eigenvalue weighted by atomic mass is 32.2. The van der Waals surface area contributed by atoms with Gasteiger partial charge in [-0.25, -0.2) is 8.42 Å². The maximum atomic E-state index is 13.5. The molecular formula is C29H37N3O4S. The molecule has 0 aliphatic carbocycles. The first-order chi connectivity index (χ1) is 17.6. The molecule has 0 radical (unpaired) electrons. The first-order valence-corrected chi connectivity index (χ1v) is 15.1. The van der Waals surface area contributed by atoms with Gasteiger partial charge in [0.1, 0.15) is 0 Å². The summed E-state index contributed by atoms with van der Waals surface area (Å²) >= 11 is 0. The summed E-state index contributed by atoms with van der Waals surface area (Å²) in [6.07, 6.45) is 3.83. The number of hydrogen-bond acceptors (Lipinski definition) is 5. The lowest BCUT2D eigenvalue weighted by Gasteiger charge is -2.39. The molecule has 2 aromatic carbocycles. The largest absolute Gasteiger partial charge is 0.342 e. The molecule has 2 unspecified atom stereocenters. The number of carbonyl (C=O) groups excluding carboxylic acids is 2. The fourth-order valence-electron chi connectivity index (χ4n) is 6.46. The minimum absolute atomic E-state index is 0.142. The van der Waals surface area contributed by atoms with Crippen molar-refractivity contribution < 1.29 is 18.0 Å². The monoisotopic (exact) mass is 523 g/mol. The number of benzene rings is 2. The second kappa shape index (κ2) is 10.2. The summed E-state index contributed by atoms with van der Waals surface area (Å²) in [5.41, 5.74) is 1.98. The van der Waals surface area contributed by atoms with Crippen LogP contribution < -0.4 is 0 Å². The quantitative estimate of drug-likeness (QED) is 0.581. The normalized spacial score (nSPS) is 24.2. The van der Waals surface area contributed by atoms with E-state index in [4.69, 9.17) is 0 Å². The number of sulfone groups is 1. The Kier molecular flexibility index (Phi) is 7.16. The third-order valence-electron chi connectivity index (χ3n) is 8.75. The number of nitrogens with zero attached hydrogens (tertiary/aromatic N) is 3.